The fraction of sp³-hybridized carbons (Fsp3) is 0.977. The van der Waals surface area contributed by atoms with Gasteiger partial charge in [0.15, 0.2) is 6.29 Å². The normalized spacial score (nSPS) is 48.0. The Bertz CT molecular complexity index is 1440. The molecular formula is C44H74N2O8. The number of fused-ring (bicyclic) bond motifs is 4. The van der Waals surface area contributed by atoms with E-state index >= 15 is 0 Å². The third kappa shape index (κ3) is 5.74. The van der Waals surface area contributed by atoms with Gasteiger partial charge in [0.1, 0.15) is 11.7 Å². The molecule has 2 spiro atoms. The van der Waals surface area contributed by atoms with Crippen molar-refractivity contribution in [1.29, 1.82) is 0 Å². The minimum absolute atomic E-state index is 0.00571. The first-order valence-corrected chi connectivity index (χ1v) is 21.8. The lowest BCUT2D eigenvalue weighted by atomic mass is 9.41. The zero-order valence-electron chi connectivity index (χ0n) is 35.5. The molecule has 3 heterocycles. The monoisotopic (exact) mass is 759 g/mol. The number of amides is 1. The Labute approximate surface area is 325 Å². The largest absolute Gasteiger partial charge is 0.444 e. The van der Waals surface area contributed by atoms with E-state index in [1.54, 1.807) is 4.90 Å². The van der Waals surface area contributed by atoms with E-state index in [1.807, 2.05) is 41.5 Å². The van der Waals surface area contributed by atoms with E-state index in [-0.39, 0.29) is 52.4 Å². The number of rotatable bonds is 7. The van der Waals surface area contributed by atoms with Crippen LogP contribution in [0.3, 0.4) is 0 Å². The maximum atomic E-state index is 12.7. The molecule has 5 aliphatic carbocycles. The second-order valence-corrected chi connectivity index (χ2v) is 22.0. The number of hydrogen-bond acceptors (Lipinski definition) is 9. The van der Waals surface area contributed by atoms with Gasteiger partial charge in [-0.1, -0.05) is 34.6 Å². The molecule has 308 valence electrons. The number of carbonyl (C=O) groups excluding carboxylic acids is 1. The van der Waals surface area contributed by atoms with E-state index in [4.69, 9.17) is 23.7 Å². The van der Waals surface area contributed by atoms with Gasteiger partial charge in [0.25, 0.3) is 0 Å². The number of likely N-dealkylation sites (tertiary alicyclic amines) is 1. The predicted octanol–water partition coefficient (Wildman–Crippen LogP) is 6.64. The third-order valence-electron chi connectivity index (χ3n) is 17.6. The molecule has 1 unspecified atom stereocenters. The van der Waals surface area contributed by atoms with E-state index in [0.717, 1.165) is 38.8 Å². The molecule has 0 radical (unpaired) electrons. The van der Waals surface area contributed by atoms with E-state index in [9.17, 15) is 15.0 Å². The Morgan fingerprint density at radius 3 is 2.31 bits per heavy atom. The second-order valence-electron chi connectivity index (χ2n) is 22.0. The van der Waals surface area contributed by atoms with Gasteiger partial charge in [-0.3, -0.25) is 4.90 Å². The van der Waals surface area contributed by atoms with Crippen LogP contribution in [-0.4, -0.2) is 120 Å². The molecule has 10 heteroatoms. The molecular weight excluding hydrogens is 684 g/mol. The van der Waals surface area contributed by atoms with Gasteiger partial charge in [0, 0.05) is 37.7 Å². The molecule has 8 rings (SSSR count). The van der Waals surface area contributed by atoms with Crippen molar-refractivity contribution in [2.24, 2.45) is 50.7 Å². The summed E-state index contributed by atoms with van der Waals surface area (Å²) >= 11 is 0. The van der Waals surface area contributed by atoms with Gasteiger partial charge in [0.05, 0.1) is 43.2 Å². The summed E-state index contributed by atoms with van der Waals surface area (Å²) in [7, 11) is 0. The molecule has 1 amide bonds. The van der Waals surface area contributed by atoms with Crippen molar-refractivity contribution in [2.75, 3.05) is 39.4 Å². The van der Waals surface area contributed by atoms with Gasteiger partial charge in [-0.05, 0) is 138 Å². The number of hydrogen-bond donors (Lipinski definition) is 2. The van der Waals surface area contributed by atoms with Crippen molar-refractivity contribution >= 4 is 6.09 Å². The van der Waals surface area contributed by atoms with Crippen molar-refractivity contribution in [3.63, 3.8) is 0 Å². The van der Waals surface area contributed by atoms with Crippen LogP contribution < -0.4 is 0 Å². The molecule has 3 aliphatic heterocycles. The van der Waals surface area contributed by atoms with Gasteiger partial charge in [0.2, 0.25) is 0 Å². The molecule has 14 atom stereocenters. The van der Waals surface area contributed by atoms with Crippen molar-refractivity contribution in [1.82, 2.24) is 9.80 Å². The van der Waals surface area contributed by atoms with Gasteiger partial charge >= 0.3 is 6.09 Å². The molecule has 0 aromatic carbocycles. The minimum atomic E-state index is -1.03. The highest BCUT2D eigenvalue weighted by molar-refractivity contribution is 5.69. The van der Waals surface area contributed by atoms with Crippen molar-refractivity contribution < 1.29 is 38.7 Å². The molecule has 54 heavy (non-hydrogen) atoms. The number of ether oxygens (including phenoxy) is 5. The van der Waals surface area contributed by atoms with E-state index in [2.05, 4.69) is 39.5 Å². The quantitative estimate of drug-likeness (QED) is 0.296. The van der Waals surface area contributed by atoms with Crippen LogP contribution in [0.1, 0.15) is 128 Å². The highest BCUT2D eigenvalue weighted by Crippen LogP contribution is 2.89. The lowest BCUT2D eigenvalue weighted by molar-refractivity contribution is -0.253. The minimum Gasteiger partial charge on any atom is -0.444 e. The molecule has 3 saturated heterocycles. The molecule has 5 saturated carbocycles. The fourth-order valence-corrected chi connectivity index (χ4v) is 15.1. The Morgan fingerprint density at radius 1 is 0.963 bits per heavy atom. The first kappa shape index (κ1) is 39.8. The highest BCUT2D eigenvalue weighted by atomic mass is 16.7. The third-order valence-corrected chi connectivity index (χ3v) is 17.6. The molecule has 0 bridgehead atoms. The van der Waals surface area contributed by atoms with Crippen LogP contribution in [0.5, 0.6) is 0 Å². The van der Waals surface area contributed by atoms with Crippen molar-refractivity contribution in [3.8, 4) is 0 Å². The first-order valence-electron chi connectivity index (χ1n) is 21.8. The van der Waals surface area contributed by atoms with Crippen LogP contribution in [-0.2, 0) is 23.7 Å². The number of aliphatic hydroxyl groups excluding tert-OH is 1. The zero-order valence-corrected chi connectivity index (χ0v) is 35.5. The van der Waals surface area contributed by atoms with Crippen molar-refractivity contribution in [2.45, 2.75) is 182 Å². The van der Waals surface area contributed by atoms with E-state index in [0.29, 0.717) is 61.4 Å². The van der Waals surface area contributed by atoms with Crippen LogP contribution in [0.25, 0.3) is 0 Å². The van der Waals surface area contributed by atoms with E-state index < -0.39 is 23.4 Å². The summed E-state index contributed by atoms with van der Waals surface area (Å²) in [6, 6.07) is 0.316. The summed E-state index contributed by atoms with van der Waals surface area (Å²) in [6.07, 6.45) is 7.31. The Balaban J connectivity index is 0.950. The summed E-state index contributed by atoms with van der Waals surface area (Å²) in [5.74, 6) is 1.72. The van der Waals surface area contributed by atoms with Crippen LogP contribution in [0.2, 0.25) is 0 Å². The van der Waals surface area contributed by atoms with Gasteiger partial charge in [-0.15, -0.1) is 0 Å². The van der Waals surface area contributed by atoms with Crippen LogP contribution in [0, 0.1) is 50.7 Å². The lowest BCUT2D eigenvalue weighted by Crippen LogP contribution is -2.64. The van der Waals surface area contributed by atoms with Crippen LogP contribution in [0.15, 0.2) is 0 Å². The first-order chi connectivity index (χ1) is 25.1. The lowest BCUT2D eigenvalue weighted by Gasteiger charge is -2.64. The Hall–Kier alpha value is -1.01. The molecule has 0 aromatic heterocycles. The summed E-state index contributed by atoms with van der Waals surface area (Å²) in [5, 5.41) is 23.8. The van der Waals surface area contributed by atoms with Gasteiger partial charge in [-0.2, -0.15) is 0 Å². The Morgan fingerprint density at radius 2 is 1.65 bits per heavy atom. The van der Waals surface area contributed by atoms with E-state index in [1.165, 1.54) is 25.7 Å². The fourth-order valence-electron chi connectivity index (χ4n) is 15.1. The summed E-state index contributed by atoms with van der Waals surface area (Å²) in [4.78, 5) is 16.8. The number of aliphatic hydroxyl groups is 2. The maximum absolute atomic E-state index is 12.7. The summed E-state index contributed by atoms with van der Waals surface area (Å²) < 4.78 is 32.0. The van der Waals surface area contributed by atoms with Gasteiger partial charge < -0.3 is 38.8 Å². The van der Waals surface area contributed by atoms with Gasteiger partial charge in [-0.25, -0.2) is 4.79 Å². The highest BCUT2D eigenvalue weighted by Gasteiger charge is 2.84. The standard InChI is InChI=1S/C44H74N2O8/c1-12-50-36(40(8,9)49)28-21-26(2)33-34(52-28)35(47)42(11)30-14-13-29-39(6,7)31(15-16-43(29)25-44(30,43)18-17-41(33,42)10)53-32-24-45(19-20-51-32)27-22-46(23-27)37(48)54-38(3,4)5/h26-36,47,49H,12-25H2,1-11H3/t26-,28-,29+,30+,31+,32+,33+,34+,35+,36+,41-,42-,43?,44+/m1/s1. The molecule has 10 nitrogen and oxygen atoms in total. The number of morpholine rings is 1. The second kappa shape index (κ2) is 13.0. The summed E-state index contributed by atoms with van der Waals surface area (Å²) in [5.41, 5.74) is -1.15. The summed E-state index contributed by atoms with van der Waals surface area (Å²) in [6.45, 7) is 27.8. The average molecular weight is 759 g/mol. The zero-order chi connectivity index (χ0) is 39.0. The average Bonchev–Trinajstić information content (AvgIpc) is 3.68. The maximum Gasteiger partial charge on any atom is 0.410 e. The molecule has 8 aliphatic rings. The predicted molar refractivity (Wildman–Crippen MR) is 206 cm³/mol. The molecule has 0 aromatic rings. The SMILES string of the molecule is CCO[C@@H]([C@H]1C[C@@H](C)[C@H]2[C@H](O1)[C@H](O)[C@@]1(C)[C@@H]3CC[C@H]4C(C)(C)[C@@H](O[C@H]5CN(C6CN(C(=O)OC(C)(C)C)C6)CCO5)CCC45C[C@@]35CC[C@]21C)C(C)(C)O. The Kier molecular flexibility index (Phi) is 9.58. The smallest absolute Gasteiger partial charge is 0.410 e. The molecule has 8 fully saturated rings. The number of nitrogens with zero attached hydrogens (tertiary/aromatic N) is 2. The topological polar surface area (TPSA) is 110 Å². The van der Waals surface area contributed by atoms with Crippen LogP contribution in [0.4, 0.5) is 4.79 Å². The number of carbonyl (C=O) groups is 1. The van der Waals surface area contributed by atoms with Crippen LogP contribution >= 0.6 is 0 Å². The van der Waals surface area contributed by atoms with Crippen molar-refractivity contribution in [3.05, 3.63) is 0 Å². The molecule has 2 N–H and O–H groups in total.